The fraction of sp³-hybridized carbons (Fsp3) is 0.478. The van der Waals surface area contributed by atoms with E-state index >= 15 is 0 Å². The van der Waals surface area contributed by atoms with E-state index in [9.17, 15) is 9.59 Å². The van der Waals surface area contributed by atoms with Gasteiger partial charge in [0.05, 0.1) is 20.9 Å². The first kappa shape index (κ1) is 21.5. The number of aromatic nitrogens is 2. The van der Waals surface area contributed by atoms with E-state index in [1.807, 2.05) is 43.9 Å². The van der Waals surface area contributed by atoms with Gasteiger partial charge in [0.25, 0.3) is 0 Å². The molecule has 1 N–H and O–H groups in total. The zero-order valence-corrected chi connectivity index (χ0v) is 19.1. The number of thiazole rings is 1. The Bertz CT molecular complexity index is 1080. The highest BCUT2D eigenvalue weighted by Gasteiger charge is 2.25. The van der Waals surface area contributed by atoms with Gasteiger partial charge in [0.15, 0.2) is 0 Å². The molecule has 7 nitrogen and oxygen atoms in total. The molecule has 0 unspecified atom stereocenters. The Morgan fingerprint density at radius 3 is 2.71 bits per heavy atom. The van der Waals surface area contributed by atoms with Crippen LogP contribution in [0.2, 0.25) is 0 Å². The van der Waals surface area contributed by atoms with Gasteiger partial charge in [0, 0.05) is 37.2 Å². The van der Waals surface area contributed by atoms with Crippen LogP contribution in [-0.4, -0.2) is 39.9 Å². The standard InChI is InChI=1S/C23H28N4O3S/c1-14-19(15(2)30-26-14)5-7-23(29)27-10-8-17(9-11-27)12-22(28)25-18-4-6-20-21(13-18)31-16(3)24-20/h4,6,13,17H,5,7-12H2,1-3H3,(H,25,28). The number of piperidine rings is 1. The number of benzene rings is 1. The Hall–Kier alpha value is -2.74. The second-order valence-corrected chi connectivity index (χ2v) is 9.53. The van der Waals surface area contributed by atoms with Gasteiger partial charge < -0.3 is 14.7 Å². The third-order valence-corrected chi connectivity index (χ3v) is 6.92. The third kappa shape index (κ3) is 5.12. The van der Waals surface area contributed by atoms with Crippen molar-refractivity contribution in [1.29, 1.82) is 0 Å². The maximum absolute atomic E-state index is 12.6. The Morgan fingerprint density at radius 2 is 2.00 bits per heavy atom. The molecule has 0 spiro atoms. The summed E-state index contributed by atoms with van der Waals surface area (Å²) in [4.78, 5) is 31.5. The topological polar surface area (TPSA) is 88.3 Å². The van der Waals surface area contributed by atoms with Crippen LogP contribution >= 0.6 is 11.3 Å². The lowest BCUT2D eigenvalue weighted by Crippen LogP contribution is -2.39. The number of rotatable bonds is 6. The number of carbonyl (C=O) groups excluding carboxylic acids is 2. The highest BCUT2D eigenvalue weighted by molar-refractivity contribution is 7.18. The molecule has 2 amide bonds. The van der Waals surface area contributed by atoms with Gasteiger partial charge in [-0.2, -0.15) is 0 Å². The molecule has 3 aromatic rings. The zero-order chi connectivity index (χ0) is 22.0. The summed E-state index contributed by atoms with van der Waals surface area (Å²) in [6, 6.07) is 5.83. The summed E-state index contributed by atoms with van der Waals surface area (Å²) in [5.41, 5.74) is 3.67. The fourth-order valence-electron chi connectivity index (χ4n) is 4.23. The Kier molecular flexibility index (Phi) is 6.36. The number of aryl methyl sites for hydroxylation is 3. The first-order valence-corrected chi connectivity index (χ1v) is 11.6. The number of fused-ring (bicyclic) bond motifs is 1. The van der Waals surface area contributed by atoms with Crippen LogP contribution in [0.15, 0.2) is 22.7 Å². The van der Waals surface area contributed by atoms with Crippen LogP contribution in [0.3, 0.4) is 0 Å². The van der Waals surface area contributed by atoms with Gasteiger partial charge in [-0.25, -0.2) is 4.98 Å². The van der Waals surface area contributed by atoms with Crippen molar-refractivity contribution >= 4 is 39.1 Å². The second-order valence-electron chi connectivity index (χ2n) is 8.29. The van der Waals surface area contributed by atoms with Gasteiger partial charge in [-0.05, 0) is 64.2 Å². The number of nitrogens with one attached hydrogen (secondary N) is 1. The zero-order valence-electron chi connectivity index (χ0n) is 18.2. The van der Waals surface area contributed by atoms with Crippen LogP contribution in [0.1, 0.15) is 47.7 Å². The Labute approximate surface area is 185 Å². The molecule has 3 heterocycles. The van der Waals surface area contributed by atoms with Crippen LogP contribution in [0.4, 0.5) is 5.69 Å². The van der Waals surface area contributed by atoms with Gasteiger partial charge >= 0.3 is 0 Å². The number of nitrogens with zero attached hydrogens (tertiary/aromatic N) is 3. The van der Waals surface area contributed by atoms with Crippen molar-refractivity contribution in [1.82, 2.24) is 15.0 Å². The van der Waals surface area contributed by atoms with E-state index in [0.29, 0.717) is 38.3 Å². The summed E-state index contributed by atoms with van der Waals surface area (Å²) in [6.07, 6.45) is 3.33. The van der Waals surface area contributed by atoms with Crippen LogP contribution in [0.25, 0.3) is 10.2 Å². The Balaban J connectivity index is 1.22. The van der Waals surface area contributed by atoms with Gasteiger partial charge in [-0.3, -0.25) is 9.59 Å². The molecule has 2 aromatic heterocycles. The van der Waals surface area contributed by atoms with Crippen LogP contribution in [0.5, 0.6) is 0 Å². The minimum atomic E-state index is 0.0313. The van der Waals surface area contributed by atoms with Crippen LogP contribution < -0.4 is 5.32 Å². The lowest BCUT2D eigenvalue weighted by Gasteiger charge is -2.32. The van der Waals surface area contributed by atoms with Gasteiger partial charge in [-0.15, -0.1) is 11.3 Å². The smallest absolute Gasteiger partial charge is 0.224 e. The molecule has 1 aliphatic heterocycles. The minimum absolute atomic E-state index is 0.0313. The minimum Gasteiger partial charge on any atom is -0.361 e. The fourth-order valence-corrected chi connectivity index (χ4v) is 5.09. The largest absolute Gasteiger partial charge is 0.361 e. The summed E-state index contributed by atoms with van der Waals surface area (Å²) >= 11 is 1.63. The number of likely N-dealkylation sites (tertiary alicyclic amines) is 1. The summed E-state index contributed by atoms with van der Waals surface area (Å²) in [5, 5.41) is 7.99. The highest BCUT2D eigenvalue weighted by Crippen LogP contribution is 2.26. The molecular formula is C23H28N4O3S. The summed E-state index contributed by atoms with van der Waals surface area (Å²) in [5.74, 6) is 1.29. The van der Waals surface area contributed by atoms with Crippen molar-refractivity contribution in [3.05, 3.63) is 40.2 Å². The van der Waals surface area contributed by atoms with Crippen molar-refractivity contribution < 1.29 is 14.1 Å². The number of hydrogen-bond acceptors (Lipinski definition) is 6. The second kappa shape index (κ2) is 9.18. The number of carbonyl (C=O) groups is 2. The molecule has 1 aliphatic rings. The summed E-state index contributed by atoms with van der Waals surface area (Å²) < 4.78 is 6.26. The van der Waals surface area contributed by atoms with E-state index in [1.54, 1.807) is 11.3 Å². The lowest BCUT2D eigenvalue weighted by molar-refractivity contribution is -0.132. The predicted molar refractivity (Wildman–Crippen MR) is 121 cm³/mol. The molecule has 1 saturated heterocycles. The van der Waals surface area contributed by atoms with E-state index in [4.69, 9.17) is 4.52 Å². The molecule has 1 fully saturated rings. The maximum Gasteiger partial charge on any atom is 0.224 e. The van der Waals surface area contributed by atoms with Crippen LogP contribution in [-0.2, 0) is 16.0 Å². The molecule has 164 valence electrons. The predicted octanol–water partition coefficient (Wildman–Crippen LogP) is 4.41. The molecule has 8 heteroatoms. The molecule has 0 saturated carbocycles. The first-order valence-electron chi connectivity index (χ1n) is 10.8. The average Bonchev–Trinajstić information content (AvgIpc) is 3.27. The molecule has 0 atom stereocenters. The molecule has 0 bridgehead atoms. The van der Waals surface area contributed by atoms with Crippen molar-refractivity contribution in [3.8, 4) is 0 Å². The molecule has 0 radical (unpaired) electrons. The number of anilines is 1. The van der Waals surface area contributed by atoms with Crippen LogP contribution in [0, 0.1) is 26.7 Å². The quantitative estimate of drug-likeness (QED) is 0.613. The number of hydrogen-bond donors (Lipinski definition) is 1. The van der Waals surface area contributed by atoms with E-state index in [1.165, 1.54) is 0 Å². The molecule has 1 aromatic carbocycles. The normalized spacial score (nSPS) is 14.9. The van der Waals surface area contributed by atoms with E-state index < -0.39 is 0 Å². The third-order valence-electron chi connectivity index (χ3n) is 5.99. The van der Waals surface area contributed by atoms with Crippen molar-refractivity contribution in [3.63, 3.8) is 0 Å². The summed E-state index contributed by atoms with van der Waals surface area (Å²) in [7, 11) is 0. The summed E-state index contributed by atoms with van der Waals surface area (Å²) in [6.45, 7) is 7.20. The van der Waals surface area contributed by atoms with Crippen molar-refractivity contribution in [2.75, 3.05) is 18.4 Å². The highest BCUT2D eigenvalue weighted by atomic mass is 32.1. The van der Waals surface area contributed by atoms with Gasteiger partial charge in [0.1, 0.15) is 5.76 Å². The maximum atomic E-state index is 12.6. The van der Waals surface area contributed by atoms with E-state index in [2.05, 4.69) is 15.5 Å². The SMILES string of the molecule is Cc1nc2ccc(NC(=O)CC3CCN(C(=O)CCc4c(C)noc4C)CC3)cc2s1. The van der Waals surface area contributed by atoms with Gasteiger partial charge in [0.2, 0.25) is 11.8 Å². The first-order chi connectivity index (χ1) is 14.9. The molecule has 0 aliphatic carbocycles. The van der Waals surface area contributed by atoms with E-state index in [-0.39, 0.29) is 11.8 Å². The van der Waals surface area contributed by atoms with E-state index in [0.717, 1.165) is 50.8 Å². The van der Waals surface area contributed by atoms with Crippen molar-refractivity contribution in [2.45, 2.75) is 52.9 Å². The van der Waals surface area contributed by atoms with Crippen molar-refractivity contribution in [2.24, 2.45) is 5.92 Å². The molecular weight excluding hydrogens is 412 g/mol. The number of amides is 2. The monoisotopic (exact) mass is 440 g/mol. The average molecular weight is 441 g/mol. The Morgan fingerprint density at radius 1 is 1.23 bits per heavy atom. The molecule has 31 heavy (non-hydrogen) atoms. The lowest BCUT2D eigenvalue weighted by atomic mass is 9.93. The molecule has 4 rings (SSSR count). The van der Waals surface area contributed by atoms with Gasteiger partial charge in [-0.1, -0.05) is 5.16 Å².